The third kappa shape index (κ3) is 7.77. The lowest BCUT2D eigenvalue weighted by molar-refractivity contribution is 0.0774. The first-order valence-corrected chi connectivity index (χ1v) is 12.3. The van der Waals surface area contributed by atoms with Crippen LogP contribution in [-0.2, 0) is 20.3 Å². The van der Waals surface area contributed by atoms with Crippen LogP contribution in [0.4, 0.5) is 0 Å². The molecule has 1 aliphatic rings. The molecular formula is C23H30N3O6P. The molecule has 3 rings (SSSR count). The van der Waals surface area contributed by atoms with Gasteiger partial charge in [0.2, 0.25) is 0 Å². The summed E-state index contributed by atoms with van der Waals surface area (Å²) in [5, 5.41) is 4.16. The van der Waals surface area contributed by atoms with Gasteiger partial charge < -0.3 is 25.3 Å². The molecule has 0 bridgehead atoms. The number of phosphoric ester groups is 1. The smallest absolute Gasteiger partial charge is 0.396 e. The van der Waals surface area contributed by atoms with Crippen LogP contribution in [0.5, 0.6) is 0 Å². The number of benzene rings is 2. The Morgan fingerprint density at radius 3 is 2.48 bits per heavy atom. The SMILES string of the molecule is C/C(=N\OCCCc1ccccc1)c1ccc(C(=O)N2CC[C@](N)(COP(=O)(O)O)C2)cc1. The summed E-state index contributed by atoms with van der Waals surface area (Å²) in [5.41, 5.74) is 8.48. The monoisotopic (exact) mass is 475 g/mol. The van der Waals surface area contributed by atoms with Gasteiger partial charge in [-0.05, 0) is 49.4 Å². The molecule has 0 unspecified atom stereocenters. The standard InChI is InChI=1S/C23H30N3O6P/c1-18(25-31-15-5-8-19-6-3-2-4-7-19)20-9-11-21(12-10-20)22(27)26-14-13-23(24,16-26)17-32-33(28,29)30/h2-4,6-7,9-12H,5,8,13-17,24H2,1H3,(H2,28,29,30)/b25-18+/t23-/m1/s1. The minimum atomic E-state index is -4.61. The van der Waals surface area contributed by atoms with E-state index in [-0.39, 0.29) is 19.1 Å². The lowest BCUT2D eigenvalue weighted by atomic mass is 10.0. The number of nitrogens with two attached hydrogens (primary N) is 1. The van der Waals surface area contributed by atoms with E-state index in [4.69, 9.17) is 20.4 Å². The second kappa shape index (κ2) is 11.0. The van der Waals surface area contributed by atoms with E-state index >= 15 is 0 Å². The largest absolute Gasteiger partial charge is 0.469 e. The first-order chi connectivity index (χ1) is 15.7. The highest BCUT2D eigenvalue weighted by Gasteiger charge is 2.38. The summed E-state index contributed by atoms with van der Waals surface area (Å²) in [7, 11) is -4.61. The minimum Gasteiger partial charge on any atom is -0.396 e. The van der Waals surface area contributed by atoms with Crippen molar-refractivity contribution >= 4 is 19.4 Å². The van der Waals surface area contributed by atoms with Crippen LogP contribution in [0.3, 0.4) is 0 Å². The normalized spacial score (nSPS) is 19.0. The van der Waals surface area contributed by atoms with Gasteiger partial charge in [-0.3, -0.25) is 9.32 Å². The topological polar surface area (TPSA) is 135 Å². The van der Waals surface area contributed by atoms with Gasteiger partial charge >= 0.3 is 7.82 Å². The van der Waals surface area contributed by atoms with Crippen LogP contribution < -0.4 is 5.73 Å². The van der Waals surface area contributed by atoms with Crippen molar-refractivity contribution in [3.63, 3.8) is 0 Å². The highest BCUT2D eigenvalue weighted by atomic mass is 31.2. The predicted molar refractivity (Wildman–Crippen MR) is 125 cm³/mol. The first-order valence-electron chi connectivity index (χ1n) is 10.7. The maximum Gasteiger partial charge on any atom is 0.469 e. The highest BCUT2D eigenvalue weighted by molar-refractivity contribution is 7.46. The second-order valence-corrected chi connectivity index (χ2v) is 9.52. The van der Waals surface area contributed by atoms with E-state index in [0.717, 1.165) is 18.4 Å². The molecule has 9 nitrogen and oxygen atoms in total. The Morgan fingerprint density at radius 2 is 1.82 bits per heavy atom. The predicted octanol–water partition coefficient (Wildman–Crippen LogP) is 2.71. The van der Waals surface area contributed by atoms with Crippen LogP contribution in [-0.4, -0.2) is 58.1 Å². The van der Waals surface area contributed by atoms with Crippen LogP contribution >= 0.6 is 7.82 Å². The molecule has 1 saturated heterocycles. The molecule has 2 aromatic carbocycles. The number of phosphoric acid groups is 1. The van der Waals surface area contributed by atoms with E-state index in [2.05, 4.69) is 21.8 Å². The average molecular weight is 475 g/mol. The zero-order valence-electron chi connectivity index (χ0n) is 18.6. The lowest BCUT2D eigenvalue weighted by Crippen LogP contribution is -2.47. The summed E-state index contributed by atoms with van der Waals surface area (Å²) in [4.78, 5) is 37.6. The fourth-order valence-electron chi connectivity index (χ4n) is 3.62. The van der Waals surface area contributed by atoms with Crippen molar-refractivity contribution in [1.29, 1.82) is 0 Å². The van der Waals surface area contributed by atoms with Crippen LogP contribution in [0.15, 0.2) is 59.8 Å². The van der Waals surface area contributed by atoms with Gasteiger partial charge in [0.05, 0.1) is 17.9 Å². The molecule has 2 aromatic rings. The Hall–Kier alpha value is -2.55. The van der Waals surface area contributed by atoms with Crippen molar-refractivity contribution in [1.82, 2.24) is 4.90 Å². The number of carbonyl (C=O) groups excluding carboxylic acids is 1. The van der Waals surface area contributed by atoms with Gasteiger partial charge in [0.1, 0.15) is 6.61 Å². The van der Waals surface area contributed by atoms with E-state index in [1.165, 1.54) is 5.56 Å². The molecule has 1 fully saturated rings. The summed E-state index contributed by atoms with van der Waals surface area (Å²) in [6.45, 7) is 2.59. The van der Waals surface area contributed by atoms with Gasteiger partial charge in [0, 0.05) is 18.7 Å². The second-order valence-electron chi connectivity index (χ2n) is 8.28. The zero-order valence-corrected chi connectivity index (χ0v) is 19.5. The molecule has 1 atom stereocenters. The first kappa shape index (κ1) is 25.1. The van der Waals surface area contributed by atoms with Gasteiger partial charge in [-0.2, -0.15) is 0 Å². The fourth-order valence-corrected chi connectivity index (χ4v) is 4.04. The molecule has 0 saturated carbocycles. The molecule has 10 heteroatoms. The van der Waals surface area contributed by atoms with E-state index in [0.29, 0.717) is 30.8 Å². The molecule has 4 N–H and O–H groups in total. The van der Waals surface area contributed by atoms with Gasteiger partial charge in [0.25, 0.3) is 5.91 Å². The van der Waals surface area contributed by atoms with Crippen LogP contribution in [0, 0.1) is 0 Å². The van der Waals surface area contributed by atoms with E-state index in [1.807, 2.05) is 37.3 Å². The number of carbonyl (C=O) groups is 1. The van der Waals surface area contributed by atoms with Gasteiger partial charge in [-0.25, -0.2) is 4.57 Å². The van der Waals surface area contributed by atoms with E-state index in [9.17, 15) is 9.36 Å². The number of aryl methyl sites for hydroxylation is 1. The molecule has 178 valence electrons. The van der Waals surface area contributed by atoms with Gasteiger partial charge in [-0.15, -0.1) is 0 Å². The van der Waals surface area contributed by atoms with Crippen molar-refractivity contribution in [3.8, 4) is 0 Å². The number of oxime groups is 1. The lowest BCUT2D eigenvalue weighted by Gasteiger charge is -2.24. The minimum absolute atomic E-state index is 0.158. The van der Waals surface area contributed by atoms with E-state index < -0.39 is 13.4 Å². The molecule has 33 heavy (non-hydrogen) atoms. The average Bonchev–Trinajstić information content (AvgIpc) is 3.20. The number of amides is 1. The third-order valence-corrected chi connectivity index (χ3v) is 5.95. The van der Waals surface area contributed by atoms with Crippen molar-refractivity contribution in [2.45, 2.75) is 31.7 Å². The molecule has 1 amide bonds. The van der Waals surface area contributed by atoms with Crippen molar-refractivity contribution in [2.24, 2.45) is 10.9 Å². The van der Waals surface area contributed by atoms with Crippen LogP contribution in [0.1, 0.15) is 41.3 Å². The summed E-state index contributed by atoms with van der Waals surface area (Å²) < 4.78 is 15.5. The van der Waals surface area contributed by atoms with Crippen molar-refractivity contribution in [2.75, 3.05) is 26.3 Å². The number of likely N-dealkylation sites (tertiary alicyclic amines) is 1. The van der Waals surface area contributed by atoms with Crippen LogP contribution in [0.25, 0.3) is 0 Å². The molecule has 1 aliphatic heterocycles. The summed E-state index contributed by atoms with van der Waals surface area (Å²) in [6.07, 6.45) is 2.19. The van der Waals surface area contributed by atoms with Gasteiger partial charge in [0.15, 0.2) is 0 Å². The summed E-state index contributed by atoms with van der Waals surface area (Å²) in [6, 6.07) is 17.3. The Kier molecular flexibility index (Phi) is 8.40. The maximum absolute atomic E-state index is 12.8. The Bertz CT molecular complexity index is 1010. The maximum atomic E-state index is 12.8. The quantitative estimate of drug-likeness (QED) is 0.208. The van der Waals surface area contributed by atoms with E-state index in [1.54, 1.807) is 17.0 Å². The number of hydrogen-bond acceptors (Lipinski definition) is 6. The zero-order chi connectivity index (χ0) is 23.9. The Labute approximate surface area is 193 Å². The highest BCUT2D eigenvalue weighted by Crippen LogP contribution is 2.37. The summed E-state index contributed by atoms with van der Waals surface area (Å²) >= 11 is 0. The molecule has 0 radical (unpaired) electrons. The fraction of sp³-hybridized carbons (Fsp3) is 0.391. The molecule has 1 heterocycles. The van der Waals surface area contributed by atoms with Gasteiger partial charge in [-0.1, -0.05) is 47.6 Å². The molecular weight excluding hydrogens is 445 g/mol. The molecule has 0 aliphatic carbocycles. The molecule has 0 aromatic heterocycles. The number of nitrogens with zero attached hydrogens (tertiary/aromatic N) is 2. The number of hydrogen-bond donors (Lipinski definition) is 3. The summed E-state index contributed by atoms with van der Waals surface area (Å²) in [5.74, 6) is -0.197. The number of rotatable bonds is 10. The Morgan fingerprint density at radius 1 is 1.15 bits per heavy atom. The Balaban J connectivity index is 1.48. The van der Waals surface area contributed by atoms with Crippen LogP contribution in [0.2, 0.25) is 0 Å². The van der Waals surface area contributed by atoms with Crippen molar-refractivity contribution in [3.05, 3.63) is 71.3 Å². The third-order valence-electron chi connectivity index (χ3n) is 5.49. The molecule has 0 spiro atoms. The van der Waals surface area contributed by atoms with Crippen molar-refractivity contribution < 1.29 is 28.5 Å².